The number of rotatable bonds is 6. The van der Waals surface area contributed by atoms with Gasteiger partial charge >= 0.3 is 0 Å². The molecule has 1 saturated heterocycles. The average molecular weight is 281 g/mol. The van der Waals surface area contributed by atoms with Gasteiger partial charge < -0.3 is 14.7 Å². The van der Waals surface area contributed by atoms with Gasteiger partial charge in [0.1, 0.15) is 0 Å². The largest absolute Gasteiger partial charge is 0.340 e. The maximum atomic E-state index is 11.9. The highest BCUT2D eigenvalue weighted by Crippen LogP contribution is 2.08. The molecular formula is C13H23N5O2. The number of carbonyl (C=O) groups is 1. The van der Waals surface area contributed by atoms with Crippen LogP contribution in [0.4, 0.5) is 0 Å². The zero-order valence-corrected chi connectivity index (χ0v) is 12.3. The van der Waals surface area contributed by atoms with E-state index in [4.69, 9.17) is 4.52 Å². The summed E-state index contributed by atoms with van der Waals surface area (Å²) in [6.45, 7) is 6.71. The van der Waals surface area contributed by atoms with E-state index in [1.54, 1.807) is 0 Å². The van der Waals surface area contributed by atoms with Crippen LogP contribution in [0.2, 0.25) is 0 Å². The Kier molecular flexibility index (Phi) is 5.49. The van der Waals surface area contributed by atoms with Crippen LogP contribution >= 0.6 is 0 Å². The molecule has 1 aliphatic rings. The Bertz CT molecular complexity index is 426. The quantitative estimate of drug-likeness (QED) is 0.784. The first-order valence-electron chi connectivity index (χ1n) is 7.19. The Morgan fingerprint density at radius 3 is 2.70 bits per heavy atom. The van der Waals surface area contributed by atoms with Crippen molar-refractivity contribution < 1.29 is 9.32 Å². The molecular weight excluding hydrogens is 258 g/mol. The van der Waals surface area contributed by atoms with Gasteiger partial charge in [0.2, 0.25) is 11.8 Å². The standard InChI is InChI=1S/C13H23N5O2/c1-3-12-15-11(16-20-12)10-17-6-8-18(9-7-17)13(19)4-5-14-2/h14H,3-10H2,1-2H3. The van der Waals surface area contributed by atoms with E-state index in [0.29, 0.717) is 18.9 Å². The van der Waals surface area contributed by atoms with Crippen LogP contribution in [0.25, 0.3) is 0 Å². The molecule has 1 fully saturated rings. The van der Waals surface area contributed by atoms with Crippen LogP contribution in [0.1, 0.15) is 25.1 Å². The molecule has 112 valence electrons. The predicted octanol–water partition coefficient (Wildman–Crippen LogP) is -0.114. The van der Waals surface area contributed by atoms with Crippen LogP contribution in [0.3, 0.4) is 0 Å². The molecule has 2 rings (SSSR count). The van der Waals surface area contributed by atoms with E-state index in [9.17, 15) is 4.79 Å². The second kappa shape index (κ2) is 7.35. The summed E-state index contributed by atoms with van der Waals surface area (Å²) in [6.07, 6.45) is 1.34. The molecule has 0 saturated carbocycles. The average Bonchev–Trinajstić information content (AvgIpc) is 2.93. The van der Waals surface area contributed by atoms with Crippen molar-refractivity contribution in [3.8, 4) is 0 Å². The third-order valence-electron chi connectivity index (χ3n) is 3.49. The van der Waals surface area contributed by atoms with Crippen molar-refractivity contribution in [3.05, 3.63) is 11.7 Å². The number of amides is 1. The van der Waals surface area contributed by atoms with Gasteiger partial charge in [-0.15, -0.1) is 0 Å². The van der Waals surface area contributed by atoms with E-state index < -0.39 is 0 Å². The minimum absolute atomic E-state index is 0.229. The minimum atomic E-state index is 0.229. The Morgan fingerprint density at radius 1 is 1.35 bits per heavy atom. The monoisotopic (exact) mass is 281 g/mol. The molecule has 0 unspecified atom stereocenters. The molecule has 1 N–H and O–H groups in total. The summed E-state index contributed by atoms with van der Waals surface area (Å²) in [7, 11) is 1.86. The van der Waals surface area contributed by atoms with E-state index in [0.717, 1.165) is 45.0 Å². The molecule has 7 heteroatoms. The van der Waals surface area contributed by atoms with Crippen LogP contribution in [0.15, 0.2) is 4.52 Å². The lowest BCUT2D eigenvalue weighted by Crippen LogP contribution is -2.48. The molecule has 0 aromatic carbocycles. The molecule has 7 nitrogen and oxygen atoms in total. The summed E-state index contributed by atoms with van der Waals surface area (Å²) >= 11 is 0. The highest BCUT2D eigenvalue weighted by molar-refractivity contribution is 5.76. The summed E-state index contributed by atoms with van der Waals surface area (Å²) in [5.41, 5.74) is 0. The molecule has 1 aromatic rings. The van der Waals surface area contributed by atoms with E-state index in [2.05, 4.69) is 20.4 Å². The molecule has 2 heterocycles. The molecule has 0 bridgehead atoms. The van der Waals surface area contributed by atoms with E-state index in [1.807, 2.05) is 18.9 Å². The number of aromatic nitrogens is 2. The summed E-state index contributed by atoms with van der Waals surface area (Å²) in [4.78, 5) is 20.4. The third kappa shape index (κ3) is 4.01. The van der Waals surface area contributed by atoms with Gasteiger partial charge in [0.25, 0.3) is 0 Å². The van der Waals surface area contributed by atoms with E-state index in [1.165, 1.54) is 0 Å². The Morgan fingerprint density at radius 2 is 2.10 bits per heavy atom. The molecule has 1 aromatic heterocycles. The lowest BCUT2D eigenvalue weighted by Gasteiger charge is -2.34. The van der Waals surface area contributed by atoms with Gasteiger partial charge in [-0.3, -0.25) is 9.69 Å². The number of hydrogen-bond donors (Lipinski definition) is 1. The second-order valence-electron chi connectivity index (χ2n) is 4.97. The number of hydrogen-bond acceptors (Lipinski definition) is 6. The number of nitrogens with one attached hydrogen (secondary N) is 1. The fourth-order valence-corrected chi connectivity index (χ4v) is 2.24. The first-order chi connectivity index (χ1) is 9.72. The number of aryl methyl sites for hydroxylation is 1. The fraction of sp³-hybridized carbons (Fsp3) is 0.769. The number of carbonyl (C=O) groups excluding carboxylic acids is 1. The normalized spacial score (nSPS) is 16.6. The lowest BCUT2D eigenvalue weighted by molar-refractivity contribution is -0.132. The van der Waals surface area contributed by atoms with Gasteiger partial charge in [-0.2, -0.15) is 4.98 Å². The van der Waals surface area contributed by atoms with Crippen LogP contribution in [0.5, 0.6) is 0 Å². The SMILES string of the molecule is CCc1nc(CN2CCN(C(=O)CCNC)CC2)no1. The number of piperazine rings is 1. The zero-order chi connectivity index (χ0) is 14.4. The molecule has 0 spiro atoms. The third-order valence-corrected chi connectivity index (χ3v) is 3.49. The molecule has 1 aliphatic heterocycles. The van der Waals surface area contributed by atoms with Crippen molar-refractivity contribution in [2.75, 3.05) is 39.8 Å². The number of nitrogens with zero attached hydrogens (tertiary/aromatic N) is 4. The molecule has 1 amide bonds. The van der Waals surface area contributed by atoms with Crippen molar-refractivity contribution in [1.82, 2.24) is 25.3 Å². The first kappa shape index (κ1) is 14.9. The summed E-state index contributed by atoms with van der Waals surface area (Å²) in [5.74, 6) is 1.64. The summed E-state index contributed by atoms with van der Waals surface area (Å²) in [5, 5.41) is 6.96. The maximum absolute atomic E-state index is 11.9. The molecule has 0 atom stereocenters. The van der Waals surface area contributed by atoms with Crippen molar-refractivity contribution in [3.63, 3.8) is 0 Å². The minimum Gasteiger partial charge on any atom is -0.340 e. The molecule has 0 aliphatic carbocycles. The van der Waals surface area contributed by atoms with Crippen LogP contribution < -0.4 is 5.32 Å². The Hall–Kier alpha value is -1.47. The van der Waals surface area contributed by atoms with Crippen LogP contribution in [0, 0.1) is 0 Å². The van der Waals surface area contributed by atoms with Gasteiger partial charge in [0.05, 0.1) is 6.54 Å². The van der Waals surface area contributed by atoms with Gasteiger partial charge in [-0.25, -0.2) is 0 Å². The molecule has 20 heavy (non-hydrogen) atoms. The predicted molar refractivity (Wildman–Crippen MR) is 74.1 cm³/mol. The zero-order valence-electron chi connectivity index (χ0n) is 12.3. The topological polar surface area (TPSA) is 74.5 Å². The van der Waals surface area contributed by atoms with Gasteiger partial charge in [0, 0.05) is 45.6 Å². The van der Waals surface area contributed by atoms with Crippen LogP contribution in [-0.4, -0.2) is 65.6 Å². The first-order valence-corrected chi connectivity index (χ1v) is 7.19. The lowest BCUT2D eigenvalue weighted by atomic mass is 10.2. The summed E-state index contributed by atoms with van der Waals surface area (Å²) in [6, 6.07) is 0. The van der Waals surface area contributed by atoms with E-state index in [-0.39, 0.29) is 5.91 Å². The van der Waals surface area contributed by atoms with Crippen LogP contribution in [-0.2, 0) is 17.8 Å². The smallest absolute Gasteiger partial charge is 0.226 e. The van der Waals surface area contributed by atoms with Gasteiger partial charge in [0.15, 0.2) is 5.82 Å². The van der Waals surface area contributed by atoms with Crippen molar-refractivity contribution in [1.29, 1.82) is 0 Å². The summed E-state index contributed by atoms with van der Waals surface area (Å²) < 4.78 is 5.10. The Labute approximate surface area is 119 Å². The maximum Gasteiger partial charge on any atom is 0.226 e. The molecule has 0 radical (unpaired) electrons. The second-order valence-corrected chi connectivity index (χ2v) is 4.97. The Balaban J connectivity index is 1.75. The van der Waals surface area contributed by atoms with Gasteiger partial charge in [-0.05, 0) is 7.05 Å². The van der Waals surface area contributed by atoms with Crippen molar-refractivity contribution in [2.45, 2.75) is 26.3 Å². The highest BCUT2D eigenvalue weighted by Gasteiger charge is 2.21. The van der Waals surface area contributed by atoms with Crippen molar-refractivity contribution >= 4 is 5.91 Å². The van der Waals surface area contributed by atoms with E-state index >= 15 is 0 Å². The van der Waals surface area contributed by atoms with Crippen molar-refractivity contribution in [2.24, 2.45) is 0 Å². The fourth-order valence-electron chi connectivity index (χ4n) is 2.24. The van der Waals surface area contributed by atoms with Gasteiger partial charge in [-0.1, -0.05) is 12.1 Å². The highest BCUT2D eigenvalue weighted by atomic mass is 16.5.